The van der Waals surface area contributed by atoms with Crippen LogP contribution in [0.25, 0.3) is 0 Å². The molecule has 0 aromatic heterocycles. The van der Waals surface area contributed by atoms with Crippen molar-refractivity contribution in [3.63, 3.8) is 0 Å². The van der Waals surface area contributed by atoms with Crippen LogP contribution in [0.2, 0.25) is 0 Å². The SMILES string of the molecule is O.O.O.S=C([S-])NN1CCCC1.[Na+]. The van der Waals surface area contributed by atoms with E-state index in [1.807, 2.05) is 0 Å². The van der Waals surface area contributed by atoms with Gasteiger partial charge in [-0.2, -0.15) is 0 Å². The van der Waals surface area contributed by atoms with Crippen LogP contribution >= 0.6 is 12.2 Å². The van der Waals surface area contributed by atoms with Crippen LogP contribution in [0, 0.1) is 0 Å². The summed E-state index contributed by atoms with van der Waals surface area (Å²) in [6, 6.07) is 0. The molecular formula is C5H15N2NaO3S2. The Balaban J connectivity index is -0.000000101. The Hall–Kier alpha value is 0.950. The molecular weight excluding hydrogens is 223 g/mol. The van der Waals surface area contributed by atoms with Crippen molar-refractivity contribution >= 4 is 29.2 Å². The second kappa shape index (κ2) is 12.9. The number of rotatable bonds is 1. The minimum Gasteiger partial charge on any atom is -0.412 e. The molecule has 0 saturated carbocycles. The fourth-order valence-corrected chi connectivity index (χ4v) is 1.22. The minimum atomic E-state index is 0. The van der Waals surface area contributed by atoms with Crippen molar-refractivity contribution in [2.24, 2.45) is 0 Å². The number of thiocarbonyl (C=S) groups is 1. The van der Waals surface area contributed by atoms with Crippen molar-refractivity contribution in [1.82, 2.24) is 10.4 Å². The van der Waals surface area contributed by atoms with Crippen LogP contribution in [-0.4, -0.2) is 38.8 Å². The number of nitrogens with zero attached hydrogens (tertiary/aromatic N) is 1. The maximum atomic E-state index is 4.69. The molecule has 7 N–H and O–H groups in total. The van der Waals surface area contributed by atoms with E-state index in [4.69, 9.17) is 24.8 Å². The van der Waals surface area contributed by atoms with E-state index in [1.54, 1.807) is 0 Å². The zero-order chi connectivity index (χ0) is 6.69. The number of hydrogen-bond acceptors (Lipinski definition) is 3. The van der Waals surface area contributed by atoms with E-state index in [1.165, 1.54) is 12.8 Å². The van der Waals surface area contributed by atoms with E-state index in [0.29, 0.717) is 4.32 Å². The van der Waals surface area contributed by atoms with Crippen molar-refractivity contribution in [3.8, 4) is 0 Å². The van der Waals surface area contributed by atoms with Gasteiger partial charge in [0.25, 0.3) is 0 Å². The number of nitrogens with one attached hydrogen (secondary N) is 1. The number of hydrogen-bond donors (Lipinski definition) is 1. The molecule has 1 fully saturated rings. The molecule has 13 heavy (non-hydrogen) atoms. The Bertz CT molecular complexity index is 124. The predicted molar refractivity (Wildman–Crippen MR) is 54.7 cm³/mol. The van der Waals surface area contributed by atoms with Crippen LogP contribution in [0.1, 0.15) is 12.8 Å². The third-order valence-electron chi connectivity index (χ3n) is 1.36. The second-order valence-electron chi connectivity index (χ2n) is 2.09. The van der Waals surface area contributed by atoms with Gasteiger partial charge in [0.15, 0.2) is 0 Å². The van der Waals surface area contributed by atoms with Gasteiger partial charge in [-0.15, -0.1) is 0 Å². The Morgan fingerprint density at radius 1 is 1.15 bits per heavy atom. The molecule has 1 aliphatic heterocycles. The largest absolute Gasteiger partial charge is 1.00 e. The fraction of sp³-hybridized carbons (Fsp3) is 0.800. The van der Waals surface area contributed by atoms with Gasteiger partial charge in [0.1, 0.15) is 0 Å². The normalized spacial score (nSPS) is 13.8. The first-order valence-electron chi connectivity index (χ1n) is 3.01. The standard InChI is InChI=1S/C5H10N2S2.Na.3H2O/c8-5(9)6-7-3-1-2-4-7;;;;/h1-4H2,(H2,6,8,9);;3*1H2/q;+1;;;/p-1. The van der Waals surface area contributed by atoms with E-state index < -0.39 is 0 Å². The summed E-state index contributed by atoms with van der Waals surface area (Å²) >= 11 is 9.39. The quantitative estimate of drug-likeness (QED) is 0.280. The minimum absolute atomic E-state index is 0. The van der Waals surface area contributed by atoms with Crippen molar-refractivity contribution in [1.29, 1.82) is 0 Å². The molecule has 8 heteroatoms. The molecule has 0 bridgehead atoms. The molecule has 0 aromatic carbocycles. The van der Waals surface area contributed by atoms with Crippen LogP contribution in [0.3, 0.4) is 0 Å². The van der Waals surface area contributed by atoms with Gasteiger partial charge < -0.3 is 46.7 Å². The van der Waals surface area contributed by atoms with Crippen molar-refractivity contribution in [2.45, 2.75) is 12.8 Å². The van der Waals surface area contributed by atoms with Gasteiger partial charge in [0.05, 0.1) is 0 Å². The summed E-state index contributed by atoms with van der Waals surface area (Å²) in [5.41, 5.74) is 2.92. The monoisotopic (exact) mass is 238 g/mol. The molecule has 0 aliphatic carbocycles. The van der Waals surface area contributed by atoms with E-state index in [0.717, 1.165) is 13.1 Å². The van der Waals surface area contributed by atoms with Crippen LogP contribution in [0.5, 0.6) is 0 Å². The zero-order valence-corrected chi connectivity index (χ0v) is 11.2. The molecule has 1 heterocycles. The summed E-state index contributed by atoms with van der Waals surface area (Å²) in [5, 5.41) is 2.06. The summed E-state index contributed by atoms with van der Waals surface area (Å²) in [6.07, 6.45) is 2.51. The molecule has 5 nitrogen and oxygen atoms in total. The third kappa shape index (κ3) is 10.9. The van der Waals surface area contributed by atoms with Crippen LogP contribution in [0.4, 0.5) is 0 Å². The van der Waals surface area contributed by atoms with Gasteiger partial charge in [-0.05, 0) is 17.2 Å². The molecule has 76 valence electrons. The summed E-state index contributed by atoms with van der Waals surface area (Å²) < 4.78 is 0.455. The van der Waals surface area contributed by atoms with Gasteiger partial charge in [-0.25, -0.2) is 5.01 Å². The first kappa shape index (κ1) is 23.6. The van der Waals surface area contributed by atoms with E-state index in [9.17, 15) is 0 Å². The predicted octanol–water partition coefficient (Wildman–Crippen LogP) is -5.05. The van der Waals surface area contributed by atoms with E-state index in [2.05, 4.69) is 10.4 Å². The summed E-state index contributed by atoms with van der Waals surface area (Å²) in [5.74, 6) is 0. The van der Waals surface area contributed by atoms with Gasteiger partial charge in [-0.3, -0.25) is 0 Å². The second-order valence-corrected chi connectivity index (χ2v) is 3.17. The van der Waals surface area contributed by atoms with E-state index in [-0.39, 0.29) is 46.0 Å². The third-order valence-corrected chi connectivity index (χ3v) is 1.54. The first-order chi connectivity index (χ1) is 4.29. The molecule has 0 amide bonds. The molecule has 0 unspecified atom stereocenters. The Labute approximate surface area is 111 Å². The Morgan fingerprint density at radius 3 is 1.85 bits per heavy atom. The molecule has 0 radical (unpaired) electrons. The topological polar surface area (TPSA) is 110 Å². The Kier molecular flexibility index (Phi) is 23.5. The molecule has 0 aromatic rings. The van der Waals surface area contributed by atoms with Crippen molar-refractivity contribution < 1.29 is 46.0 Å². The average molecular weight is 238 g/mol. The molecule has 1 saturated heterocycles. The maximum absolute atomic E-state index is 4.69. The van der Waals surface area contributed by atoms with Crippen LogP contribution in [-0.2, 0) is 12.6 Å². The summed E-state index contributed by atoms with van der Waals surface area (Å²) in [7, 11) is 0. The average Bonchev–Trinajstić information content (AvgIpc) is 2.15. The zero-order valence-electron chi connectivity index (χ0n) is 7.59. The molecule has 1 aliphatic rings. The summed E-state index contributed by atoms with van der Waals surface area (Å²) in [4.78, 5) is 0. The molecule has 0 atom stereocenters. The van der Waals surface area contributed by atoms with Gasteiger partial charge in [-0.1, -0.05) is 0 Å². The van der Waals surface area contributed by atoms with Crippen LogP contribution in [0.15, 0.2) is 0 Å². The van der Waals surface area contributed by atoms with Crippen LogP contribution < -0.4 is 35.0 Å². The smallest absolute Gasteiger partial charge is 0.412 e. The Morgan fingerprint density at radius 2 is 1.54 bits per heavy atom. The van der Waals surface area contributed by atoms with Gasteiger partial charge >= 0.3 is 29.6 Å². The molecule has 0 spiro atoms. The first-order valence-corrected chi connectivity index (χ1v) is 3.83. The summed E-state index contributed by atoms with van der Waals surface area (Å²) in [6.45, 7) is 2.16. The fourth-order valence-electron chi connectivity index (χ4n) is 0.958. The van der Waals surface area contributed by atoms with Crippen molar-refractivity contribution in [2.75, 3.05) is 13.1 Å². The van der Waals surface area contributed by atoms with Crippen molar-refractivity contribution in [3.05, 3.63) is 0 Å². The number of hydrazine groups is 1. The van der Waals surface area contributed by atoms with Gasteiger partial charge in [0, 0.05) is 13.1 Å². The maximum Gasteiger partial charge on any atom is 1.00 e. The van der Waals surface area contributed by atoms with E-state index >= 15 is 0 Å². The van der Waals surface area contributed by atoms with Gasteiger partial charge in [0.2, 0.25) is 0 Å². The molecule has 1 rings (SSSR count).